The Kier molecular flexibility index (Phi) is 6.45. The summed E-state index contributed by atoms with van der Waals surface area (Å²) in [6.45, 7) is 4.01. The second-order valence-electron chi connectivity index (χ2n) is 8.55. The van der Waals surface area contributed by atoms with E-state index >= 15 is 0 Å². The molecule has 1 N–H and O–H groups in total. The predicted octanol–water partition coefficient (Wildman–Crippen LogP) is 7.07. The van der Waals surface area contributed by atoms with Gasteiger partial charge in [0.15, 0.2) is 0 Å². The normalized spacial score (nSPS) is 13.6. The van der Waals surface area contributed by atoms with Crippen molar-refractivity contribution < 1.29 is 22.7 Å². The summed E-state index contributed by atoms with van der Waals surface area (Å²) in [7, 11) is 0. The average molecular weight is 454 g/mol. The number of hydrogen-bond acceptors (Lipinski definition) is 2. The molecular weight excluding hydrogens is 427 g/mol. The predicted molar refractivity (Wildman–Crippen MR) is 123 cm³/mol. The van der Waals surface area contributed by atoms with Crippen molar-refractivity contribution in [1.82, 2.24) is 0 Å². The Labute approximate surface area is 191 Å². The Morgan fingerprint density at radius 3 is 2.27 bits per heavy atom. The number of rotatable bonds is 7. The van der Waals surface area contributed by atoms with Gasteiger partial charge in [-0.3, -0.25) is 4.79 Å². The first kappa shape index (κ1) is 22.9. The smallest absolute Gasteiger partial charge is 0.418 e. The van der Waals surface area contributed by atoms with E-state index in [2.05, 4.69) is 5.32 Å². The number of benzene rings is 3. The van der Waals surface area contributed by atoms with Gasteiger partial charge in [0.1, 0.15) is 5.75 Å². The second kappa shape index (κ2) is 9.30. The summed E-state index contributed by atoms with van der Waals surface area (Å²) < 4.78 is 46.5. The number of ether oxygens (including phenoxy) is 1. The number of nitrogens with one attached hydrogen (secondary N) is 1. The number of alkyl halides is 3. The van der Waals surface area contributed by atoms with Crippen LogP contribution in [0.4, 0.5) is 18.9 Å². The Morgan fingerprint density at radius 1 is 1.00 bits per heavy atom. The molecule has 0 aliphatic heterocycles. The second-order valence-corrected chi connectivity index (χ2v) is 8.55. The molecule has 172 valence electrons. The minimum Gasteiger partial charge on any atom is -0.493 e. The maximum Gasteiger partial charge on any atom is 0.418 e. The van der Waals surface area contributed by atoms with Gasteiger partial charge in [-0.1, -0.05) is 36.4 Å². The molecule has 3 aromatic carbocycles. The van der Waals surface area contributed by atoms with E-state index in [1.54, 1.807) is 26.0 Å². The van der Waals surface area contributed by atoms with Gasteiger partial charge in [0, 0.05) is 12.0 Å². The van der Waals surface area contributed by atoms with Crippen LogP contribution in [-0.2, 0) is 12.6 Å². The minimum atomic E-state index is -4.55. The number of anilines is 1. The molecule has 1 amide bonds. The Morgan fingerprint density at radius 2 is 1.67 bits per heavy atom. The van der Waals surface area contributed by atoms with Crippen molar-refractivity contribution in [2.75, 3.05) is 11.9 Å². The summed E-state index contributed by atoms with van der Waals surface area (Å²) in [5.74, 6) is 0.349. The van der Waals surface area contributed by atoms with Gasteiger partial charge >= 0.3 is 6.18 Å². The van der Waals surface area contributed by atoms with Crippen molar-refractivity contribution in [3.8, 4) is 5.75 Å². The number of amides is 1. The zero-order valence-electron chi connectivity index (χ0n) is 18.6. The van der Waals surface area contributed by atoms with Crippen LogP contribution in [0.2, 0.25) is 0 Å². The molecular formula is C27H26F3NO2. The summed E-state index contributed by atoms with van der Waals surface area (Å²) in [6, 6.07) is 17.5. The third-order valence-corrected chi connectivity index (χ3v) is 5.88. The number of halogens is 3. The monoisotopic (exact) mass is 453 g/mol. The first-order valence-electron chi connectivity index (χ1n) is 11.0. The van der Waals surface area contributed by atoms with Crippen LogP contribution in [-0.4, -0.2) is 12.5 Å². The topological polar surface area (TPSA) is 38.3 Å². The summed E-state index contributed by atoms with van der Waals surface area (Å²) >= 11 is 0. The summed E-state index contributed by atoms with van der Waals surface area (Å²) in [5, 5.41) is 2.52. The van der Waals surface area contributed by atoms with Crippen LogP contribution in [0.25, 0.3) is 0 Å². The van der Waals surface area contributed by atoms with Gasteiger partial charge in [0.2, 0.25) is 0 Å². The van der Waals surface area contributed by atoms with Crippen LogP contribution < -0.4 is 10.1 Å². The van der Waals surface area contributed by atoms with E-state index in [0.717, 1.165) is 36.5 Å². The van der Waals surface area contributed by atoms with Crippen LogP contribution in [0.1, 0.15) is 56.9 Å². The van der Waals surface area contributed by atoms with Gasteiger partial charge in [-0.2, -0.15) is 13.2 Å². The summed E-state index contributed by atoms with van der Waals surface area (Å²) in [4.78, 5) is 13.0. The van der Waals surface area contributed by atoms with Gasteiger partial charge in [0.05, 0.1) is 17.9 Å². The fourth-order valence-corrected chi connectivity index (χ4v) is 4.06. The molecule has 3 aromatic rings. The van der Waals surface area contributed by atoms with E-state index in [-0.39, 0.29) is 11.6 Å². The number of carbonyl (C=O) groups excluding carboxylic acids is 1. The quantitative estimate of drug-likeness (QED) is 0.415. The van der Waals surface area contributed by atoms with E-state index < -0.39 is 17.6 Å². The van der Waals surface area contributed by atoms with Crippen molar-refractivity contribution >= 4 is 11.6 Å². The van der Waals surface area contributed by atoms with Crippen molar-refractivity contribution in [1.29, 1.82) is 0 Å². The Hall–Kier alpha value is -3.28. The highest BCUT2D eigenvalue weighted by Gasteiger charge is 2.35. The molecule has 1 aliphatic carbocycles. The first-order valence-corrected chi connectivity index (χ1v) is 11.0. The van der Waals surface area contributed by atoms with Crippen LogP contribution in [0.3, 0.4) is 0 Å². The van der Waals surface area contributed by atoms with E-state index in [1.807, 2.05) is 30.3 Å². The molecule has 4 rings (SSSR count). The SMILES string of the molecule is Cc1cc(OCCc2ccccc2)cc(C)c1C(=O)Nc1cc(C2CC2)ccc1C(F)(F)F. The van der Waals surface area contributed by atoms with Crippen LogP contribution in [0.5, 0.6) is 5.75 Å². The zero-order chi connectivity index (χ0) is 23.6. The molecule has 0 spiro atoms. The molecule has 1 saturated carbocycles. The summed E-state index contributed by atoms with van der Waals surface area (Å²) in [6.07, 6.45) is -1.88. The molecule has 0 heterocycles. The van der Waals surface area contributed by atoms with Gasteiger partial charge in [0.25, 0.3) is 5.91 Å². The highest BCUT2D eigenvalue weighted by Crippen LogP contribution is 2.43. The Balaban J connectivity index is 1.51. The van der Waals surface area contributed by atoms with Crippen LogP contribution in [0, 0.1) is 13.8 Å². The molecule has 0 saturated heterocycles. The third kappa shape index (κ3) is 5.56. The molecule has 3 nitrogen and oxygen atoms in total. The molecule has 0 atom stereocenters. The first-order chi connectivity index (χ1) is 15.7. The lowest BCUT2D eigenvalue weighted by atomic mass is 10.0. The molecule has 1 aliphatic rings. The fraction of sp³-hybridized carbons (Fsp3) is 0.296. The molecule has 0 unspecified atom stereocenters. The lowest BCUT2D eigenvalue weighted by Gasteiger charge is -2.17. The highest BCUT2D eigenvalue weighted by atomic mass is 19.4. The minimum absolute atomic E-state index is 0.195. The largest absolute Gasteiger partial charge is 0.493 e. The zero-order valence-corrected chi connectivity index (χ0v) is 18.6. The van der Waals surface area contributed by atoms with Crippen LogP contribution >= 0.6 is 0 Å². The lowest BCUT2D eigenvalue weighted by molar-refractivity contribution is -0.136. The highest BCUT2D eigenvalue weighted by molar-refractivity contribution is 6.06. The number of aryl methyl sites for hydroxylation is 2. The maximum absolute atomic E-state index is 13.5. The van der Waals surface area contributed by atoms with Crippen molar-refractivity contribution in [2.45, 2.75) is 45.2 Å². The van der Waals surface area contributed by atoms with Gasteiger partial charge in [-0.25, -0.2) is 0 Å². The van der Waals surface area contributed by atoms with E-state index in [9.17, 15) is 18.0 Å². The molecule has 0 aromatic heterocycles. The van der Waals surface area contributed by atoms with Gasteiger partial charge in [-0.15, -0.1) is 0 Å². The third-order valence-electron chi connectivity index (χ3n) is 5.88. The fourth-order valence-electron chi connectivity index (χ4n) is 4.06. The molecule has 0 radical (unpaired) electrons. The van der Waals surface area contributed by atoms with Crippen molar-refractivity contribution in [3.63, 3.8) is 0 Å². The lowest BCUT2D eigenvalue weighted by Crippen LogP contribution is -2.19. The van der Waals surface area contributed by atoms with E-state index in [4.69, 9.17) is 4.74 Å². The average Bonchev–Trinajstić information content (AvgIpc) is 3.59. The Bertz CT molecular complexity index is 1130. The molecule has 1 fully saturated rings. The molecule has 33 heavy (non-hydrogen) atoms. The number of hydrogen-bond donors (Lipinski definition) is 1. The van der Waals surface area contributed by atoms with Crippen LogP contribution in [0.15, 0.2) is 60.7 Å². The number of carbonyl (C=O) groups is 1. The maximum atomic E-state index is 13.5. The van der Waals surface area contributed by atoms with Crippen molar-refractivity contribution in [3.05, 3.63) is 94.0 Å². The molecule has 0 bridgehead atoms. The van der Waals surface area contributed by atoms with E-state index in [0.29, 0.717) is 29.0 Å². The summed E-state index contributed by atoms with van der Waals surface area (Å²) in [5.41, 5.74) is 2.61. The standard InChI is InChI=1S/C27H26F3NO2/c1-17-14-22(33-13-12-19-6-4-3-5-7-19)15-18(2)25(17)26(32)31-24-16-21(20-8-9-20)10-11-23(24)27(28,29)30/h3-7,10-11,14-16,20H,8-9,12-13H2,1-2H3,(H,31,32). The van der Waals surface area contributed by atoms with Crippen molar-refractivity contribution in [2.24, 2.45) is 0 Å². The molecule has 6 heteroatoms. The van der Waals surface area contributed by atoms with E-state index in [1.165, 1.54) is 12.1 Å². The van der Waals surface area contributed by atoms with Gasteiger partial charge in [-0.05, 0) is 79.1 Å². The van der Waals surface area contributed by atoms with Gasteiger partial charge < -0.3 is 10.1 Å².